The molecule has 1 heterocycles. The van der Waals surface area contributed by atoms with Crippen LogP contribution in [0.2, 0.25) is 0 Å². The van der Waals surface area contributed by atoms with E-state index in [1.54, 1.807) is 31.2 Å². The number of anilines is 2. The van der Waals surface area contributed by atoms with Crippen molar-refractivity contribution in [2.24, 2.45) is 0 Å². The molecule has 168 valence electrons. The Morgan fingerprint density at radius 2 is 1.53 bits per heavy atom. The van der Waals surface area contributed by atoms with Crippen LogP contribution in [0.4, 0.5) is 11.6 Å². The molecular formula is C20H21N5O5S2. The van der Waals surface area contributed by atoms with Crippen molar-refractivity contribution in [3.63, 3.8) is 0 Å². The van der Waals surface area contributed by atoms with Gasteiger partial charge in [0.25, 0.3) is 10.0 Å². The zero-order chi connectivity index (χ0) is 23.2. The van der Waals surface area contributed by atoms with Crippen LogP contribution in [0.1, 0.15) is 12.1 Å². The highest BCUT2D eigenvalue weighted by Crippen LogP contribution is 2.17. The number of carbonyl (C=O) groups is 1. The molecule has 2 aromatic carbocycles. The van der Waals surface area contributed by atoms with Gasteiger partial charge >= 0.3 is 0 Å². The molecule has 0 bridgehead atoms. The molecule has 1 amide bonds. The summed E-state index contributed by atoms with van der Waals surface area (Å²) in [6.07, 6.45) is 1.34. The summed E-state index contributed by atoms with van der Waals surface area (Å²) in [7, 11) is -7.59. The number of aryl methyl sites for hydroxylation is 1. The van der Waals surface area contributed by atoms with Gasteiger partial charge in [0.05, 0.1) is 9.79 Å². The first kappa shape index (κ1) is 23.3. The molecule has 3 aromatic rings. The predicted octanol–water partition coefficient (Wildman–Crippen LogP) is 1.89. The van der Waals surface area contributed by atoms with Gasteiger partial charge < -0.3 is 5.32 Å². The number of nitrogens with zero attached hydrogens (tertiary/aromatic N) is 2. The molecule has 0 fully saturated rings. The number of carbonyl (C=O) groups excluding carboxylic acids is 1. The lowest BCUT2D eigenvalue weighted by Gasteiger charge is -2.09. The van der Waals surface area contributed by atoms with E-state index >= 15 is 0 Å². The molecule has 0 aliphatic heterocycles. The second kappa shape index (κ2) is 9.85. The van der Waals surface area contributed by atoms with Gasteiger partial charge in [-0.3, -0.25) is 4.79 Å². The van der Waals surface area contributed by atoms with Crippen molar-refractivity contribution in [1.29, 1.82) is 0 Å². The van der Waals surface area contributed by atoms with E-state index < -0.39 is 26.0 Å². The molecule has 0 atom stereocenters. The van der Waals surface area contributed by atoms with Crippen molar-refractivity contribution in [1.82, 2.24) is 14.7 Å². The lowest BCUT2D eigenvalue weighted by atomic mass is 10.3. The SMILES string of the molecule is Cc1ccnc(NS(=O)(=O)c2ccc(NC(=O)CCNS(=O)(=O)c3ccccc3)cc2)n1. The van der Waals surface area contributed by atoms with Gasteiger partial charge in [-0.25, -0.2) is 36.2 Å². The van der Waals surface area contributed by atoms with Crippen LogP contribution in [-0.2, 0) is 24.8 Å². The van der Waals surface area contributed by atoms with Crippen LogP contribution in [0.25, 0.3) is 0 Å². The molecule has 0 aliphatic carbocycles. The Morgan fingerprint density at radius 3 is 2.19 bits per heavy atom. The number of sulfonamides is 2. The fraction of sp³-hybridized carbons (Fsp3) is 0.150. The summed E-state index contributed by atoms with van der Waals surface area (Å²) < 4.78 is 53.8. The molecule has 0 aliphatic rings. The van der Waals surface area contributed by atoms with E-state index in [-0.39, 0.29) is 28.7 Å². The second-order valence-corrected chi connectivity index (χ2v) is 10.1. The molecular weight excluding hydrogens is 454 g/mol. The van der Waals surface area contributed by atoms with E-state index in [0.29, 0.717) is 11.4 Å². The molecule has 0 spiro atoms. The van der Waals surface area contributed by atoms with E-state index in [1.807, 2.05) is 0 Å². The average molecular weight is 476 g/mol. The molecule has 12 heteroatoms. The number of hydrogen-bond donors (Lipinski definition) is 3. The highest BCUT2D eigenvalue weighted by atomic mass is 32.2. The van der Waals surface area contributed by atoms with E-state index in [0.717, 1.165) is 0 Å². The summed E-state index contributed by atoms with van der Waals surface area (Å²) in [4.78, 5) is 20.0. The van der Waals surface area contributed by atoms with E-state index in [1.165, 1.54) is 42.6 Å². The Kier molecular flexibility index (Phi) is 7.18. The molecule has 10 nitrogen and oxygen atoms in total. The maximum atomic E-state index is 12.5. The number of aromatic nitrogens is 2. The first-order chi connectivity index (χ1) is 15.2. The second-order valence-electron chi connectivity index (χ2n) is 6.66. The fourth-order valence-corrected chi connectivity index (χ4v) is 4.60. The van der Waals surface area contributed by atoms with Crippen molar-refractivity contribution in [2.45, 2.75) is 23.1 Å². The van der Waals surface area contributed by atoms with Crippen LogP contribution in [0.3, 0.4) is 0 Å². The van der Waals surface area contributed by atoms with Crippen molar-refractivity contribution < 1.29 is 21.6 Å². The topological polar surface area (TPSA) is 147 Å². The summed E-state index contributed by atoms with van der Waals surface area (Å²) in [5.74, 6) is -0.469. The van der Waals surface area contributed by atoms with Crippen LogP contribution >= 0.6 is 0 Å². The summed E-state index contributed by atoms with van der Waals surface area (Å²) in [5, 5.41) is 2.59. The predicted molar refractivity (Wildman–Crippen MR) is 119 cm³/mol. The van der Waals surface area contributed by atoms with Crippen LogP contribution < -0.4 is 14.8 Å². The fourth-order valence-electron chi connectivity index (χ4n) is 2.60. The molecule has 0 unspecified atom stereocenters. The zero-order valence-electron chi connectivity index (χ0n) is 17.0. The van der Waals surface area contributed by atoms with Gasteiger partial charge in [0.1, 0.15) is 0 Å². The van der Waals surface area contributed by atoms with Crippen LogP contribution in [0.5, 0.6) is 0 Å². The zero-order valence-corrected chi connectivity index (χ0v) is 18.7. The number of benzene rings is 2. The van der Waals surface area contributed by atoms with Crippen LogP contribution in [0, 0.1) is 6.92 Å². The van der Waals surface area contributed by atoms with Gasteiger partial charge in [-0.15, -0.1) is 0 Å². The van der Waals surface area contributed by atoms with Crippen molar-refractivity contribution in [3.8, 4) is 0 Å². The van der Waals surface area contributed by atoms with E-state index in [2.05, 4.69) is 24.7 Å². The number of amides is 1. The maximum absolute atomic E-state index is 12.5. The Bertz CT molecular complexity index is 1300. The lowest BCUT2D eigenvalue weighted by Crippen LogP contribution is -2.27. The number of hydrogen-bond acceptors (Lipinski definition) is 7. The first-order valence-electron chi connectivity index (χ1n) is 9.43. The highest BCUT2D eigenvalue weighted by molar-refractivity contribution is 7.92. The third-order valence-corrected chi connectivity index (χ3v) is 6.99. The van der Waals surface area contributed by atoms with E-state index in [4.69, 9.17) is 0 Å². The Hall–Kier alpha value is -3.35. The highest BCUT2D eigenvalue weighted by Gasteiger charge is 2.16. The third-order valence-electron chi connectivity index (χ3n) is 4.17. The smallest absolute Gasteiger partial charge is 0.264 e. The minimum absolute atomic E-state index is 0.0313. The minimum Gasteiger partial charge on any atom is -0.326 e. The Balaban J connectivity index is 1.54. The first-order valence-corrected chi connectivity index (χ1v) is 12.4. The van der Waals surface area contributed by atoms with Gasteiger partial charge in [0, 0.05) is 30.5 Å². The van der Waals surface area contributed by atoms with Crippen molar-refractivity contribution in [2.75, 3.05) is 16.6 Å². The molecule has 3 N–H and O–H groups in total. The quantitative estimate of drug-likeness (QED) is 0.428. The Morgan fingerprint density at radius 1 is 0.875 bits per heavy atom. The van der Waals surface area contributed by atoms with E-state index in [9.17, 15) is 21.6 Å². The molecule has 3 rings (SSSR count). The number of nitrogens with one attached hydrogen (secondary N) is 3. The van der Waals surface area contributed by atoms with Crippen LogP contribution in [0.15, 0.2) is 76.7 Å². The molecule has 0 radical (unpaired) electrons. The molecule has 32 heavy (non-hydrogen) atoms. The molecule has 0 saturated heterocycles. The largest absolute Gasteiger partial charge is 0.326 e. The van der Waals surface area contributed by atoms with Gasteiger partial charge in [-0.2, -0.15) is 0 Å². The van der Waals surface area contributed by atoms with Gasteiger partial charge in [0.15, 0.2) is 0 Å². The maximum Gasteiger partial charge on any atom is 0.264 e. The summed E-state index contributed by atoms with van der Waals surface area (Å²) >= 11 is 0. The van der Waals surface area contributed by atoms with Gasteiger partial charge in [-0.1, -0.05) is 18.2 Å². The van der Waals surface area contributed by atoms with Crippen molar-refractivity contribution in [3.05, 3.63) is 72.6 Å². The van der Waals surface area contributed by atoms with Gasteiger partial charge in [-0.05, 0) is 49.4 Å². The van der Waals surface area contributed by atoms with Crippen LogP contribution in [-0.4, -0.2) is 39.3 Å². The number of rotatable bonds is 9. The minimum atomic E-state index is -3.90. The standard InChI is InChI=1S/C20H21N5O5S2/c1-15-11-13-21-20(23-15)25-32(29,30)18-9-7-16(8-10-18)24-19(26)12-14-22-31(27,28)17-5-3-2-4-6-17/h2-11,13,22H,12,14H2,1H3,(H,24,26)(H,21,23,25). The molecule has 0 saturated carbocycles. The third kappa shape index (κ3) is 6.33. The summed E-state index contributed by atoms with van der Waals surface area (Å²) in [6.45, 7) is 1.62. The normalized spacial score (nSPS) is 11.7. The Labute approximate surface area is 186 Å². The van der Waals surface area contributed by atoms with Crippen molar-refractivity contribution >= 4 is 37.6 Å². The lowest BCUT2D eigenvalue weighted by molar-refractivity contribution is -0.116. The molecule has 1 aromatic heterocycles. The average Bonchev–Trinajstić information content (AvgIpc) is 2.74. The van der Waals surface area contributed by atoms with Gasteiger partial charge in [0.2, 0.25) is 21.9 Å². The summed E-state index contributed by atoms with van der Waals surface area (Å²) in [5.41, 5.74) is 0.980. The summed E-state index contributed by atoms with van der Waals surface area (Å²) in [6, 6.07) is 15.0. The monoisotopic (exact) mass is 475 g/mol.